The fourth-order valence-electron chi connectivity index (χ4n) is 5.58. The number of carbonyl (C=O) groups is 1. The number of hydrogen-bond donors (Lipinski definition) is 0. The van der Waals surface area contributed by atoms with Crippen LogP contribution in [0.3, 0.4) is 0 Å². The number of nitrogens with zero attached hydrogens (tertiary/aromatic N) is 4. The first-order valence-electron chi connectivity index (χ1n) is 13.9. The smallest absolute Gasteiger partial charge is 0.253 e. The van der Waals surface area contributed by atoms with Gasteiger partial charge in [-0.25, -0.2) is 4.98 Å². The minimum Gasteiger partial charge on any atom is -0.497 e. The number of pyridine rings is 1. The summed E-state index contributed by atoms with van der Waals surface area (Å²) in [5, 5.41) is 1.27. The van der Waals surface area contributed by atoms with Crippen molar-refractivity contribution < 1.29 is 9.53 Å². The zero-order chi connectivity index (χ0) is 27.8. The monoisotopic (exact) mass is 558 g/mol. The van der Waals surface area contributed by atoms with Gasteiger partial charge in [-0.3, -0.25) is 9.69 Å². The zero-order valence-electron chi connectivity index (χ0n) is 22.9. The summed E-state index contributed by atoms with van der Waals surface area (Å²) >= 11 is 1.82. The van der Waals surface area contributed by atoms with Gasteiger partial charge in [0.05, 0.1) is 18.5 Å². The van der Waals surface area contributed by atoms with Crippen molar-refractivity contribution in [2.75, 3.05) is 33.3 Å². The fourth-order valence-corrected chi connectivity index (χ4v) is 6.63. The number of imidazole rings is 1. The van der Waals surface area contributed by atoms with Crippen LogP contribution in [0.5, 0.6) is 5.75 Å². The highest BCUT2D eigenvalue weighted by atomic mass is 32.1. The average Bonchev–Trinajstić information content (AvgIpc) is 3.63. The van der Waals surface area contributed by atoms with E-state index in [0.717, 1.165) is 42.3 Å². The number of ether oxygens (including phenoxy) is 1. The van der Waals surface area contributed by atoms with Gasteiger partial charge < -0.3 is 14.0 Å². The lowest BCUT2D eigenvalue weighted by atomic mass is 10.1. The topological polar surface area (TPSA) is 50.1 Å². The molecule has 41 heavy (non-hydrogen) atoms. The Morgan fingerprint density at radius 1 is 0.854 bits per heavy atom. The minimum absolute atomic E-state index is 0.0695. The fraction of sp³-hybridized carbons (Fsp3) is 0.176. The zero-order valence-corrected chi connectivity index (χ0v) is 23.7. The maximum atomic E-state index is 13.1. The second-order valence-electron chi connectivity index (χ2n) is 10.4. The molecular formula is C34H30N4O2S. The number of thiophene rings is 1. The Balaban J connectivity index is 1.17. The van der Waals surface area contributed by atoms with Crippen LogP contribution in [0.1, 0.15) is 16.1 Å². The van der Waals surface area contributed by atoms with Crippen LogP contribution in [0, 0.1) is 0 Å². The van der Waals surface area contributed by atoms with Crippen molar-refractivity contribution in [1.29, 1.82) is 0 Å². The number of carbonyl (C=O) groups excluding carboxylic acids is 1. The van der Waals surface area contributed by atoms with Gasteiger partial charge in [0.1, 0.15) is 11.4 Å². The van der Waals surface area contributed by atoms with Gasteiger partial charge in [0.2, 0.25) is 0 Å². The first kappa shape index (κ1) is 25.5. The molecule has 0 unspecified atom stereocenters. The molecule has 3 aromatic heterocycles. The average molecular weight is 559 g/mol. The van der Waals surface area contributed by atoms with E-state index in [1.165, 1.54) is 26.2 Å². The Hall–Kier alpha value is -4.46. The Morgan fingerprint density at radius 2 is 1.61 bits per heavy atom. The quantitative estimate of drug-likeness (QED) is 0.224. The van der Waals surface area contributed by atoms with E-state index in [9.17, 15) is 4.79 Å². The molecule has 0 bridgehead atoms. The number of aromatic nitrogens is 2. The molecule has 0 aliphatic carbocycles. The van der Waals surface area contributed by atoms with Crippen molar-refractivity contribution in [2.45, 2.75) is 6.54 Å². The number of hydrogen-bond acceptors (Lipinski definition) is 5. The van der Waals surface area contributed by atoms with Gasteiger partial charge in [-0.2, -0.15) is 0 Å². The summed E-state index contributed by atoms with van der Waals surface area (Å²) in [5.41, 5.74) is 6.12. The molecule has 1 fully saturated rings. The number of amides is 1. The molecule has 6 aromatic rings. The van der Waals surface area contributed by atoms with E-state index in [1.54, 1.807) is 7.11 Å². The Bertz CT molecular complexity index is 1800. The second-order valence-corrected chi connectivity index (χ2v) is 11.4. The van der Waals surface area contributed by atoms with Crippen LogP contribution in [0.15, 0.2) is 103 Å². The normalized spacial score (nSPS) is 14.1. The molecule has 4 heterocycles. The van der Waals surface area contributed by atoms with E-state index in [4.69, 9.17) is 9.72 Å². The summed E-state index contributed by atoms with van der Waals surface area (Å²) in [6.07, 6.45) is 2.23. The number of fused-ring (bicyclic) bond motifs is 2. The summed E-state index contributed by atoms with van der Waals surface area (Å²) in [4.78, 5) is 23.8. The number of methoxy groups -OCH3 is 1. The SMILES string of the molecule is COc1ccc(C(=O)N2CCN(Cc3c(-c4ccccc4)nc4ccc(-c5cc6ccccc6s5)cn34)CC2)cc1. The lowest BCUT2D eigenvalue weighted by Crippen LogP contribution is -2.48. The maximum absolute atomic E-state index is 13.1. The molecule has 0 saturated carbocycles. The standard InChI is InChI=1S/C34H30N4O2S/c1-40-28-14-11-25(12-15-28)34(39)37-19-17-36(18-20-37)23-29-33(24-7-3-2-4-8-24)35-32-16-13-27(22-38(29)32)31-21-26-9-5-6-10-30(26)41-31/h2-16,21-22H,17-20,23H2,1H3. The molecule has 6 nitrogen and oxygen atoms in total. The first-order valence-corrected chi connectivity index (χ1v) is 14.7. The molecule has 0 N–H and O–H groups in total. The van der Waals surface area contributed by atoms with Gasteiger partial charge in [0.25, 0.3) is 5.91 Å². The lowest BCUT2D eigenvalue weighted by Gasteiger charge is -2.34. The Morgan fingerprint density at radius 3 is 2.37 bits per heavy atom. The van der Waals surface area contributed by atoms with Gasteiger partial charge in [-0.1, -0.05) is 48.5 Å². The van der Waals surface area contributed by atoms with Gasteiger partial charge in [-0.05, 0) is 53.9 Å². The lowest BCUT2D eigenvalue weighted by molar-refractivity contribution is 0.0627. The van der Waals surface area contributed by atoms with E-state index < -0.39 is 0 Å². The molecule has 0 spiro atoms. The molecule has 1 amide bonds. The number of piperazine rings is 1. The molecule has 1 aliphatic rings. The third kappa shape index (κ3) is 4.99. The van der Waals surface area contributed by atoms with Crippen LogP contribution in [-0.2, 0) is 6.54 Å². The summed E-state index contributed by atoms with van der Waals surface area (Å²) < 4.78 is 8.79. The summed E-state index contributed by atoms with van der Waals surface area (Å²) in [7, 11) is 1.63. The third-order valence-corrected chi connectivity index (χ3v) is 9.01. The molecule has 204 valence electrons. The third-order valence-electron chi connectivity index (χ3n) is 7.84. The molecular weight excluding hydrogens is 528 g/mol. The van der Waals surface area contributed by atoms with E-state index in [-0.39, 0.29) is 5.91 Å². The maximum Gasteiger partial charge on any atom is 0.253 e. The van der Waals surface area contributed by atoms with Crippen molar-refractivity contribution in [3.63, 3.8) is 0 Å². The van der Waals surface area contributed by atoms with E-state index in [2.05, 4.69) is 82.2 Å². The first-order chi connectivity index (χ1) is 20.2. The van der Waals surface area contributed by atoms with Crippen LogP contribution in [0.4, 0.5) is 0 Å². The van der Waals surface area contributed by atoms with Crippen LogP contribution in [-0.4, -0.2) is 58.4 Å². The summed E-state index contributed by atoms with van der Waals surface area (Å²) in [5.74, 6) is 0.823. The van der Waals surface area contributed by atoms with Crippen molar-refractivity contribution >= 4 is 33.0 Å². The number of benzene rings is 3. The molecule has 0 atom stereocenters. The highest BCUT2D eigenvalue weighted by Crippen LogP contribution is 2.35. The van der Waals surface area contributed by atoms with Gasteiger partial charge in [0.15, 0.2) is 0 Å². The van der Waals surface area contributed by atoms with Crippen molar-refractivity contribution in [1.82, 2.24) is 19.2 Å². The van der Waals surface area contributed by atoms with Crippen LogP contribution >= 0.6 is 11.3 Å². The van der Waals surface area contributed by atoms with Crippen LogP contribution in [0.25, 0.3) is 37.4 Å². The second kappa shape index (κ2) is 10.8. The molecule has 7 heteroatoms. The molecule has 7 rings (SSSR count). The summed E-state index contributed by atoms with van der Waals surface area (Å²) in [6.45, 7) is 3.75. The molecule has 3 aromatic carbocycles. The molecule has 0 radical (unpaired) electrons. The highest BCUT2D eigenvalue weighted by molar-refractivity contribution is 7.22. The minimum atomic E-state index is 0.0695. The number of rotatable bonds is 6. The molecule has 1 saturated heterocycles. The van der Waals surface area contributed by atoms with E-state index in [0.29, 0.717) is 18.7 Å². The largest absolute Gasteiger partial charge is 0.497 e. The Labute approximate surface area is 243 Å². The molecule has 1 aliphatic heterocycles. The van der Waals surface area contributed by atoms with Crippen LogP contribution in [0.2, 0.25) is 0 Å². The van der Waals surface area contributed by atoms with Crippen molar-refractivity contribution in [3.05, 3.63) is 115 Å². The predicted octanol–water partition coefficient (Wildman–Crippen LogP) is 6.85. The van der Waals surface area contributed by atoms with E-state index >= 15 is 0 Å². The van der Waals surface area contributed by atoms with Gasteiger partial charge in [-0.15, -0.1) is 11.3 Å². The van der Waals surface area contributed by atoms with E-state index in [1.807, 2.05) is 46.6 Å². The highest BCUT2D eigenvalue weighted by Gasteiger charge is 2.25. The van der Waals surface area contributed by atoms with Gasteiger partial charge in [0, 0.05) is 65.2 Å². The Kier molecular flexibility index (Phi) is 6.74. The van der Waals surface area contributed by atoms with Crippen molar-refractivity contribution in [2.24, 2.45) is 0 Å². The van der Waals surface area contributed by atoms with Gasteiger partial charge >= 0.3 is 0 Å². The van der Waals surface area contributed by atoms with Crippen LogP contribution < -0.4 is 4.74 Å². The van der Waals surface area contributed by atoms with Crippen molar-refractivity contribution in [3.8, 4) is 27.4 Å². The summed E-state index contributed by atoms with van der Waals surface area (Å²) in [6, 6.07) is 32.9. The predicted molar refractivity (Wildman–Crippen MR) is 166 cm³/mol.